The number of anilines is 1. The van der Waals surface area contributed by atoms with Crippen LogP contribution in [0.1, 0.15) is 11.1 Å². The molecule has 0 aromatic heterocycles. The summed E-state index contributed by atoms with van der Waals surface area (Å²) in [5, 5.41) is -0.156. The first-order valence-electron chi connectivity index (χ1n) is 8.13. The number of hydrogen-bond acceptors (Lipinski definition) is 2. The zero-order valence-corrected chi connectivity index (χ0v) is 14.5. The van der Waals surface area contributed by atoms with E-state index in [4.69, 9.17) is 4.84 Å². The molecule has 12 heteroatoms. The molecule has 1 heterocycles. The van der Waals surface area contributed by atoms with Crippen LogP contribution >= 0.6 is 0 Å². The molecule has 31 heavy (non-hydrogen) atoms. The van der Waals surface area contributed by atoms with Gasteiger partial charge in [0.05, 0.1) is 5.56 Å². The molecule has 0 amide bonds. The van der Waals surface area contributed by atoms with Crippen LogP contribution in [0.15, 0.2) is 30.3 Å². The molecule has 1 unspecified atom stereocenters. The van der Waals surface area contributed by atoms with Crippen molar-refractivity contribution in [3.63, 3.8) is 0 Å². The summed E-state index contributed by atoms with van der Waals surface area (Å²) in [5.74, 6) is -24.4. The molecular formula is C19H5F10NO. The van der Waals surface area contributed by atoms with E-state index in [1.54, 1.807) is 0 Å². The monoisotopic (exact) mass is 453 g/mol. The Kier molecular flexibility index (Phi) is 4.65. The molecule has 1 aliphatic rings. The van der Waals surface area contributed by atoms with Crippen molar-refractivity contribution < 1.29 is 48.7 Å². The zero-order chi connectivity index (χ0) is 22.8. The van der Waals surface area contributed by atoms with Gasteiger partial charge in [0.1, 0.15) is 5.69 Å². The number of hydrogen-bond donors (Lipinski definition) is 0. The lowest BCUT2D eigenvalue weighted by molar-refractivity contribution is 0.304. The molecule has 1 atom stereocenters. The Morgan fingerprint density at radius 1 is 0.516 bits per heavy atom. The van der Waals surface area contributed by atoms with E-state index in [1.165, 1.54) is 18.2 Å². The summed E-state index contributed by atoms with van der Waals surface area (Å²) < 4.78 is 139. The summed E-state index contributed by atoms with van der Waals surface area (Å²) in [7, 11) is 0. The Morgan fingerprint density at radius 2 is 0.903 bits per heavy atom. The summed E-state index contributed by atoms with van der Waals surface area (Å²) in [6.45, 7) is 0. The molecule has 162 valence electrons. The molecule has 1 saturated heterocycles. The first kappa shape index (κ1) is 21.0. The fourth-order valence-electron chi connectivity index (χ4n) is 3.11. The molecule has 2 nitrogen and oxygen atoms in total. The summed E-state index contributed by atoms with van der Waals surface area (Å²) in [5.41, 5.74) is -6.85. The van der Waals surface area contributed by atoms with Gasteiger partial charge in [-0.1, -0.05) is 30.3 Å². The molecule has 1 aliphatic heterocycles. The number of halogens is 10. The average molecular weight is 453 g/mol. The van der Waals surface area contributed by atoms with E-state index >= 15 is 0 Å². The van der Waals surface area contributed by atoms with Gasteiger partial charge in [-0.2, -0.15) is 0 Å². The summed E-state index contributed by atoms with van der Waals surface area (Å²) in [6.07, 6.45) is 0. The molecule has 4 rings (SSSR count). The molecule has 0 saturated carbocycles. The third-order valence-corrected chi connectivity index (χ3v) is 4.58. The van der Waals surface area contributed by atoms with Gasteiger partial charge in [-0.25, -0.2) is 53.8 Å². The second kappa shape index (κ2) is 6.87. The lowest BCUT2D eigenvalue weighted by atomic mass is 9.94. The fourth-order valence-corrected chi connectivity index (χ4v) is 3.11. The zero-order valence-electron chi connectivity index (χ0n) is 14.5. The van der Waals surface area contributed by atoms with Gasteiger partial charge in [0, 0.05) is 5.56 Å². The van der Waals surface area contributed by atoms with Crippen molar-refractivity contribution in [3.05, 3.63) is 99.6 Å². The van der Waals surface area contributed by atoms with Crippen molar-refractivity contribution in [2.75, 3.05) is 5.06 Å². The van der Waals surface area contributed by atoms with E-state index in [0.29, 0.717) is 0 Å². The minimum absolute atomic E-state index is 0.156. The number of benzene rings is 3. The lowest BCUT2D eigenvalue weighted by Crippen LogP contribution is -2.25. The highest BCUT2D eigenvalue weighted by molar-refractivity contribution is 5.61. The molecule has 3 aromatic rings. The average Bonchev–Trinajstić information content (AvgIpc) is 3.50. The van der Waals surface area contributed by atoms with Gasteiger partial charge in [0.25, 0.3) is 0 Å². The number of nitrogens with zero attached hydrogens (tertiary/aromatic N) is 1. The van der Waals surface area contributed by atoms with Gasteiger partial charge >= 0.3 is 0 Å². The van der Waals surface area contributed by atoms with E-state index in [9.17, 15) is 43.9 Å². The van der Waals surface area contributed by atoms with Crippen LogP contribution in [0.2, 0.25) is 0 Å². The predicted molar refractivity (Wildman–Crippen MR) is 83.3 cm³/mol. The van der Waals surface area contributed by atoms with Crippen LogP contribution in [-0.2, 0) is 10.6 Å². The van der Waals surface area contributed by atoms with Crippen molar-refractivity contribution in [2.24, 2.45) is 0 Å². The van der Waals surface area contributed by atoms with Crippen molar-refractivity contribution in [3.8, 4) is 0 Å². The molecule has 0 bridgehead atoms. The summed E-state index contributed by atoms with van der Waals surface area (Å²) in [4.78, 5) is 4.85. The Hall–Kier alpha value is -3.28. The van der Waals surface area contributed by atoms with Crippen LogP contribution in [0.5, 0.6) is 0 Å². The number of rotatable bonds is 3. The minimum Gasteiger partial charge on any atom is -0.229 e. The van der Waals surface area contributed by atoms with Crippen molar-refractivity contribution in [1.29, 1.82) is 0 Å². The quantitative estimate of drug-likeness (QED) is 0.218. The van der Waals surface area contributed by atoms with E-state index in [2.05, 4.69) is 0 Å². The molecule has 0 radical (unpaired) electrons. The smallest absolute Gasteiger partial charge is 0.229 e. The molecule has 0 aliphatic carbocycles. The van der Waals surface area contributed by atoms with Crippen LogP contribution in [-0.4, -0.2) is 0 Å². The van der Waals surface area contributed by atoms with Gasteiger partial charge in [0.15, 0.2) is 46.5 Å². The maximum atomic E-state index is 14.5. The van der Waals surface area contributed by atoms with Gasteiger partial charge in [-0.05, 0) is 0 Å². The van der Waals surface area contributed by atoms with Crippen LogP contribution in [0, 0.1) is 58.2 Å². The summed E-state index contributed by atoms with van der Waals surface area (Å²) >= 11 is 0. The lowest BCUT2D eigenvalue weighted by Gasteiger charge is -2.17. The summed E-state index contributed by atoms with van der Waals surface area (Å²) in [6, 6.07) is 5.82. The predicted octanol–water partition coefficient (Wildman–Crippen LogP) is 5.73. The maximum absolute atomic E-state index is 14.5. The largest absolute Gasteiger partial charge is 0.248 e. The highest BCUT2D eigenvalue weighted by atomic mass is 19.2. The van der Waals surface area contributed by atoms with Crippen LogP contribution in [0.4, 0.5) is 49.6 Å². The topological polar surface area (TPSA) is 15.5 Å². The van der Waals surface area contributed by atoms with Gasteiger partial charge in [-0.15, -0.1) is 0 Å². The molecule has 1 fully saturated rings. The standard InChI is InChI=1S/C19H5F10NO/c20-8-7(9(21)11(23)12(24)10(8)22)19(6-4-2-1-3-5-6)30(31-19)18-16(28)14(26)13(25)15(27)17(18)29/h1-5H. The normalized spacial score (nSPS) is 17.9. The van der Waals surface area contributed by atoms with Crippen molar-refractivity contribution in [2.45, 2.75) is 5.72 Å². The first-order valence-corrected chi connectivity index (χ1v) is 8.13. The Labute approximate surface area is 165 Å². The van der Waals surface area contributed by atoms with Crippen LogP contribution < -0.4 is 5.06 Å². The second-order valence-corrected chi connectivity index (χ2v) is 6.26. The third kappa shape index (κ3) is 2.70. The van der Waals surface area contributed by atoms with Crippen LogP contribution in [0.3, 0.4) is 0 Å². The van der Waals surface area contributed by atoms with E-state index in [-0.39, 0.29) is 5.06 Å². The van der Waals surface area contributed by atoms with Gasteiger partial charge in [-0.3, -0.25) is 0 Å². The Balaban J connectivity index is 2.06. The fraction of sp³-hybridized carbons (Fsp3) is 0.0526. The second-order valence-electron chi connectivity index (χ2n) is 6.26. The molecule has 0 spiro atoms. The molecule has 0 N–H and O–H groups in total. The number of hydroxylamine groups is 1. The van der Waals surface area contributed by atoms with Crippen molar-refractivity contribution in [1.82, 2.24) is 0 Å². The van der Waals surface area contributed by atoms with Gasteiger partial charge < -0.3 is 0 Å². The third-order valence-electron chi connectivity index (χ3n) is 4.58. The van der Waals surface area contributed by atoms with Crippen molar-refractivity contribution >= 4 is 5.69 Å². The SMILES string of the molecule is Fc1c(F)c(F)c(N2OC2(c2ccccc2)c2c(F)c(F)c(F)c(F)c2F)c(F)c1F. The van der Waals surface area contributed by atoms with E-state index < -0.39 is 80.7 Å². The molecule has 3 aromatic carbocycles. The highest BCUT2D eigenvalue weighted by Gasteiger charge is 2.64. The van der Waals surface area contributed by atoms with E-state index in [1.807, 2.05) is 0 Å². The van der Waals surface area contributed by atoms with Gasteiger partial charge in [0.2, 0.25) is 17.4 Å². The first-order chi connectivity index (χ1) is 14.6. The highest BCUT2D eigenvalue weighted by Crippen LogP contribution is 2.56. The maximum Gasteiger partial charge on any atom is 0.248 e. The van der Waals surface area contributed by atoms with E-state index in [0.717, 1.165) is 12.1 Å². The Morgan fingerprint density at radius 3 is 1.35 bits per heavy atom. The van der Waals surface area contributed by atoms with Crippen LogP contribution in [0.25, 0.3) is 0 Å². The Bertz CT molecular complexity index is 1170. The minimum atomic E-state index is -2.93. The molecular weight excluding hydrogens is 448 g/mol.